The van der Waals surface area contributed by atoms with E-state index >= 15 is 0 Å². The summed E-state index contributed by atoms with van der Waals surface area (Å²) in [5, 5.41) is 10.0. The SMILES string of the molecule is COc1cc(C#N)c(C[C@H](NS(=O)c2ccc(C)cc2)c2cc(OC)c(OC)cc2CCOCc2ccccc2)cc1OC. The second-order valence-electron chi connectivity index (χ2n) is 10.1. The van der Waals surface area contributed by atoms with Crippen LogP contribution in [-0.4, -0.2) is 39.3 Å². The molecule has 4 aromatic rings. The standard InChI is InChI=1S/C35H38N2O6S/c1-24-11-13-29(14-12-24)44(38)37-31(17-27-19-33(40-3)34(41-4)20-28(27)22-36)30-21-35(42-5)32(39-2)18-26(30)15-16-43-23-25-9-7-6-8-10-25/h6-14,18-21,31,37H,15-17,23H2,1-5H3/t31-,44?/m0/s1. The number of nitriles is 1. The van der Waals surface area contributed by atoms with Crippen LogP contribution in [0.3, 0.4) is 0 Å². The van der Waals surface area contributed by atoms with Gasteiger partial charge in [0.2, 0.25) is 0 Å². The summed E-state index contributed by atoms with van der Waals surface area (Å²) in [6.45, 7) is 2.92. The van der Waals surface area contributed by atoms with Crippen molar-refractivity contribution in [2.24, 2.45) is 0 Å². The Bertz CT molecular complexity index is 1600. The van der Waals surface area contributed by atoms with Crippen LogP contribution >= 0.6 is 0 Å². The third kappa shape index (κ3) is 8.17. The molecule has 1 unspecified atom stereocenters. The summed E-state index contributed by atoms with van der Waals surface area (Å²) in [6.07, 6.45) is 0.892. The molecule has 9 heteroatoms. The molecule has 44 heavy (non-hydrogen) atoms. The number of nitrogens with one attached hydrogen (secondary N) is 1. The number of nitrogens with zero attached hydrogens (tertiary/aromatic N) is 1. The second kappa shape index (κ2) is 15.9. The predicted octanol–water partition coefficient (Wildman–Crippen LogP) is 6.26. The van der Waals surface area contributed by atoms with Gasteiger partial charge in [-0.25, -0.2) is 8.93 Å². The van der Waals surface area contributed by atoms with Gasteiger partial charge in [0.05, 0.1) is 58.2 Å². The molecule has 0 spiro atoms. The largest absolute Gasteiger partial charge is 0.493 e. The summed E-state index contributed by atoms with van der Waals surface area (Å²) in [5.41, 5.74) is 5.10. The van der Waals surface area contributed by atoms with Crippen LogP contribution in [0.1, 0.15) is 39.4 Å². The zero-order chi connectivity index (χ0) is 31.5. The molecule has 2 atom stereocenters. The molecule has 0 bridgehead atoms. The van der Waals surface area contributed by atoms with Gasteiger partial charge in [-0.3, -0.25) is 0 Å². The Balaban J connectivity index is 1.75. The van der Waals surface area contributed by atoms with Crippen molar-refractivity contribution < 1.29 is 27.9 Å². The lowest BCUT2D eigenvalue weighted by Crippen LogP contribution is -2.27. The van der Waals surface area contributed by atoms with E-state index in [0.29, 0.717) is 65.1 Å². The van der Waals surface area contributed by atoms with Crippen molar-refractivity contribution in [3.8, 4) is 29.1 Å². The normalized spacial score (nSPS) is 12.2. The van der Waals surface area contributed by atoms with Gasteiger partial charge in [-0.2, -0.15) is 5.26 Å². The molecule has 0 radical (unpaired) electrons. The first-order chi connectivity index (χ1) is 21.4. The van der Waals surface area contributed by atoms with E-state index in [9.17, 15) is 9.47 Å². The average molecular weight is 615 g/mol. The Kier molecular flexibility index (Phi) is 11.8. The summed E-state index contributed by atoms with van der Waals surface area (Å²) >= 11 is 0. The van der Waals surface area contributed by atoms with Crippen LogP contribution in [0.5, 0.6) is 23.0 Å². The number of methoxy groups -OCH3 is 4. The quantitative estimate of drug-likeness (QED) is 0.158. The van der Waals surface area contributed by atoms with Crippen molar-refractivity contribution in [3.05, 3.63) is 112 Å². The van der Waals surface area contributed by atoms with Gasteiger partial charge in [0.1, 0.15) is 11.0 Å². The van der Waals surface area contributed by atoms with Crippen molar-refractivity contribution >= 4 is 11.0 Å². The summed E-state index contributed by atoms with van der Waals surface area (Å²) < 4.78 is 45.4. The van der Waals surface area contributed by atoms with Gasteiger partial charge >= 0.3 is 0 Å². The molecule has 0 fully saturated rings. The molecule has 0 aliphatic heterocycles. The van der Waals surface area contributed by atoms with Crippen LogP contribution in [0.15, 0.2) is 83.8 Å². The number of hydrogen-bond acceptors (Lipinski definition) is 7. The minimum atomic E-state index is -1.57. The van der Waals surface area contributed by atoms with Crippen molar-refractivity contribution in [2.45, 2.75) is 37.3 Å². The topological polar surface area (TPSA) is 99.0 Å². The number of hydrogen-bond donors (Lipinski definition) is 1. The Hall–Kier alpha value is -4.36. The summed E-state index contributed by atoms with van der Waals surface area (Å²) in [7, 11) is 4.70. The van der Waals surface area contributed by atoms with Crippen molar-refractivity contribution in [3.63, 3.8) is 0 Å². The van der Waals surface area contributed by atoms with E-state index in [4.69, 9.17) is 23.7 Å². The highest BCUT2D eigenvalue weighted by Gasteiger charge is 2.24. The monoisotopic (exact) mass is 614 g/mol. The van der Waals surface area contributed by atoms with E-state index in [1.165, 1.54) is 7.11 Å². The summed E-state index contributed by atoms with van der Waals surface area (Å²) in [4.78, 5) is 0.640. The molecule has 0 heterocycles. The fourth-order valence-electron chi connectivity index (χ4n) is 4.91. The van der Waals surface area contributed by atoms with Crippen LogP contribution in [0.25, 0.3) is 0 Å². The number of ether oxygens (including phenoxy) is 5. The van der Waals surface area contributed by atoms with Gasteiger partial charge in [-0.15, -0.1) is 0 Å². The first-order valence-electron chi connectivity index (χ1n) is 14.2. The van der Waals surface area contributed by atoms with Crippen LogP contribution in [0, 0.1) is 18.3 Å². The fourth-order valence-corrected chi connectivity index (χ4v) is 5.90. The molecular formula is C35H38N2O6S. The maximum Gasteiger partial charge on any atom is 0.162 e. The minimum Gasteiger partial charge on any atom is -0.493 e. The molecule has 230 valence electrons. The predicted molar refractivity (Wildman–Crippen MR) is 171 cm³/mol. The van der Waals surface area contributed by atoms with Gasteiger partial charge in [0.15, 0.2) is 23.0 Å². The van der Waals surface area contributed by atoms with E-state index in [1.807, 2.05) is 73.7 Å². The van der Waals surface area contributed by atoms with E-state index in [0.717, 1.165) is 22.3 Å². The summed E-state index contributed by atoms with van der Waals surface area (Å²) in [5.74, 6) is 2.08. The van der Waals surface area contributed by atoms with Gasteiger partial charge < -0.3 is 23.7 Å². The second-order valence-corrected chi connectivity index (χ2v) is 11.4. The lowest BCUT2D eigenvalue weighted by molar-refractivity contribution is 0.123. The third-order valence-electron chi connectivity index (χ3n) is 7.29. The fraction of sp³-hybridized carbons (Fsp3) is 0.286. The van der Waals surface area contributed by atoms with E-state index in [-0.39, 0.29) is 0 Å². The molecule has 4 rings (SSSR count). The zero-order valence-electron chi connectivity index (χ0n) is 25.7. The Morgan fingerprint density at radius 1 is 0.795 bits per heavy atom. The van der Waals surface area contributed by atoms with Gasteiger partial charge in [-0.1, -0.05) is 48.0 Å². The molecule has 0 aliphatic rings. The van der Waals surface area contributed by atoms with Gasteiger partial charge in [0, 0.05) is 12.1 Å². The maximum atomic E-state index is 13.7. The van der Waals surface area contributed by atoms with E-state index in [1.54, 1.807) is 33.5 Å². The summed E-state index contributed by atoms with van der Waals surface area (Å²) in [6, 6.07) is 26.6. The van der Waals surface area contributed by atoms with Crippen LogP contribution in [0.2, 0.25) is 0 Å². The molecular weight excluding hydrogens is 576 g/mol. The van der Waals surface area contributed by atoms with E-state index < -0.39 is 17.0 Å². The minimum absolute atomic E-state index is 0.328. The van der Waals surface area contributed by atoms with Gasteiger partial charge in [0.25, 0.3) is 0 Å². The highest BCUT2D eigenvalue weighted by molar-refractivity contribution is 7.83. The van der Waals surface area contributed by atoms with Gasteiger partial charge in [-0.05, 0) is 72.4 Å². The Morgan fingerprint density at radius 2 is 1.39 bits per heavy atom. The van der Waals surface area contributed by atoms with Crippen molar-refractivity contribution in [1.29, 1.82) is 5.26 Å². The van der Waals surface area contributed by atoms with E-state index in [2.05, 4.69) is 10.8 Å². The number of aryl methyl sites for hydroxylation is 1. The Labute approximate surface area is 262 Å². The van der Waals surface area contributed by atoms with Crippen molar-refractivity contribution in [1.82, 2.24) is 4.72 Å². The molecule has 1 N–H and O–H groups in total. The number of rotatable bonds is 15. The highest BCUT2D eigenvalue weighted by Crippen LogP contribution is 2.37. The molecule has 0 aliphatic carbocycles. The molecule has 0 saturated carbocycles. The molecule has 0 amide bonds. The lowest BCUT2D eigenvalue weighted by atomic mass is 9.91. The average Bonchev–Trinajstić information content (AvgIpc) is 3.06. The van der Waals surface area contributed by atoms with Crippen LogP contribution in [-0.2, 0) is 35.2 Å². The molecule has 0 saturated heterocycles. The molecule has 8 nitrogen and oxygen atoms in total. The molecule has 0 aromatic heterocycles. The first-order valence-corrected chi connectivity index (χ1v) is 15.3. The lowest BCUT2D eigenvalue weighted by Gasteiger charge is -2.24. The Morgan fingerprint density at radius 3 is 2.00 bits per heavy atom. The smallest absolute Gasteiger partial charge is 0.162 e. The van der Waals surface area contributed by atoms with Crippen molar-refractivity contribution in [2.75, 3.05) is 35.0 Å². The van der Waals surface area contributed by atoms with Crippen LogP contribution < -0.4 is 23.7 Å². The zero-order valence-corrected chi connectivity index (χ0v) is 26.5. The molecule has 4 aromatic carbocycles. The highest BCUT2D eigenvalue weighted by atomic mass is 32.2. The number of benzene rings is 4. The third-order valence-corrected chi connectivity index (χ3v) is 8.49. The maximum absolute atomic E-state index is 13.7. The first kappa shape index (κ1) is 32.6. The van der Waals surface area contributed by atoms with Crippen LogP contribution in [0.4, 0.5) is 0 Å².